The fourth-order valence-corrected chi connectivity index (χ4v) is 5.52. The molecule has 2 N–H and O–H groups in total. The highest BCUT2D eigenvalue weighted by Gasteiger charge is 2.31. The molecule has 0 fully saturated rings. The number of hydrogen-bond acceptors (Lipinski definition) is 7. The van der Waals surface area contributed by atoms with Crippen LogP contribution in [0, 0.1) is 5.92 Å². The molecule has 10 nitrogen and oxygen atoms in total. The number of aromatic nitrogens is 1. The maximum atomic E-state index is 14.3. The van der Waals surface area contributed by atoms with Crippen LogP contribution in [0.15, 0.2) is 73.1 Å². The summed E-state index contributed by atoms with van der Waals surface area (Å²) >= 11 is 0. The number of pyridine rings is 1. The number of ether oxygens (including phenoxy) is 2. The quantitative estimate of drug-likeness (QED) is 0.366. The Morgan fingerprint density at radius 1 is 1.09 bits per heavy atom. The maximum absolute atomic E-state index is 14.3. The van der Waals surface area contributed by atoms with Gasteiger partial charge in [0, 0.05) is 56.3 Å². The van der Waals surface area contributed by atoms with Gasteiger partial charge in [0.15, 0.2) is 0 Å². The number of carbonyl (C=O) groups is 3. The second-order valence-corrected chi connectivity index (χ2v) is 12.1. The van der Waals surface area contributed by atoms with Crippen molar-refractivity contribution in [3.8, 4) is 5.75 Å². The lowest BCUT2D eigenvalue weighted by atomic mass is 10.0. The normalized spacial score (nSPS) is 20.1. The summed E-state index contributed by atoms with van der Waals surface area (Å²) in [6.45, 7) is 6.60. The molecule has 3 amide bonds. The average Bonchev–Trinajstić information content (AvgIpc) is 3.06. The van der Waals surface area contributed by atoms with Crippen molar-refractivity contribution in [2.75, 3.05) is 38.7 Å². The average molecular weight is 631 g/mol. The smallest absolute Gasteiger partial charge is 0.258 e. The Hall–Kier alpha value is -4.28. The maximum Gasteiger partial charge on any atom is 0.258 e. The molecule has 0 saturated carbocycles. The van der Waals surface area contributed by atoms with E-state index in [1.54, 1.807) is 66.5 Å². The lowest BCUT2D eigenvalue weighted by Gasteiger charge is -2.36. The summed E-state index contributed by atoms with van der Waals surface area (Å²) in [5.41, 5.74) is 2.20. The molecule has 1 aromatic heterocycles. The minimum absolute atomic E-state index is 0.143. The van der Waals surface area contributed by atoms with Gasteiger partial charge in [0.1, 0.15) is 5.75 Å². The van der Waals surface area contributed by atoms with Gasteiger partial charge in [-0.3, -0.25) is 19.4 Å². The largest absolute Gasteiger partial charge is 0.490 e. The van der Waals surface area contributed by atoms with Crippen LogP contribution in [0.3, 0.4) is 0 Å². The first kappa shape index (κ1) is 34.6. The van der Waals surface area contributed by atoms with Crippen molar-refractivity contribution in [2.24, 2.45) is 5.92 Å². The Morgan fingerprint density at radius 3 is 2.54 bits per heavy atom. The zero-order chi connectivity index (χ0) is 33.1. The molecule has 0 saturated heterocycles. The van der Waals surface area contributed by atoms with Crippen LogP contribution >= 0.6 is 0 Å². The van der Waals surface area contributed by atoms with Gasteiger partial charge in [0.05, 0.1) is 36.8 Å². The molecular weight excluding hydrogens is 584 g/mol. The third-order valence-electron chi connectivity index (χ3n) is 8.27. The minimum atomic E-state index is -0.513. The van der Waals surface area contributed by atoms with Crippen molar-refractivity contribution in [1.82, 2.24) is 14.8 Å². The molecule has 1 aliphatic rings. The molecule has 246 valence electrons. The number of rotatable bonds is 8. The molecule has 0 unspecified atom stereocenters. The summed E-state index contributed by atoms with van der Waals surface area (Å²) in [7, 11) is 1.74. The van der Waals surface area contributed by atoms with Crippen LogP contribution in [0.4, 0.5) is 5.69 Å². The Labute approximate surface area is 271 Å². The summed E-state index contributed by atoms with van der Waals surface area (Å²) in [5, 5.41) is 13.1. The number of hydrogen-bond donors (Lipinski definition) is 2. The summed E-state index contributed by atoms with van der Waals surface area (Å²) in [4.78, 5) is 47.6. The van der Waals surface area contributed by atoms with E-state index in [9.17, 15) is 19.5 Å². The zero-order valence-electron chi connectivity index (χ0n) is 27.2. The van der Waals surface area contributed by atoms with Gasteiger partial charge in [0.25, 0.3) is 11.8 Å². The molecule has 0 aliphatic carbocycles. The third-order valence-corrected chi connectivity index (χ3v) is 8.27. The number of likely N-dealkylation sites (N-methyl/N-ethyl adjacent to an activating group) is 1. The summed E-state index contributed by atoms with van der Waals surface area (Å²) in [5.74, 6) is -0.435. The molecule has 10 heteroatoms. The van der Waals surface area contributed by atoms with Crippen LogP contribution in [-0.4, -0.2) is 89.2 Å². The van der Waals surface area contributed by atoms with Crippen molar-refractivity contribution < 1.29 is 29.0 Å². The molecule has 3 aromatic rings. The SMILES string of the molecule is C[C@H](CO)N1C[C@H](C)[C@@H](CN(C)C(=O)c2ccncc2)OCCCC[C@H](C)Oc2ccc(NC(=O)Cc3ccccc3)cc2C1=O. The van der Waals surface area contributed by atoms with Gasteiger partial charge >= 0.3 is 0 Å². The Morgan fingerprint density at radius 2 is 1.83 bits per heavy atom. The second kappa shape index (κ2) is 16.9. The minimum Gasteiger partial charge on any atom is -0.490 e. The Bertz CT molecular complexity index is 1440. The van der Waals surface area contributed by atoms with Crippen molar-refractivity contribution >= 4 is 23.4 Å². The lowest BCUT2D eigenvalue weighted by Crippen LogP contribution is -2.48. The van der Waals surface area contributed by atoms with Gasteiger partial charge in [-0.15, -0.1) is 0 Å². The number of aliphatic hydroxyl groups excluding tert-OH is 1. The highest BCUT2D eigenvalue weighted by atomic mass is 16.5. The number of fused-ring (bicyclic) bond motifs is 1. The zero-order valence-corrected chi connectivity index (χ0v) is 27.2. The van der Waals surface area contributed by atoms with E-state index in [0.29, 0.717) is 35.7 Å². The van der Waals surface area contributed by atoms with Gasteiger partial charge in [0.2, 0.25) is 5.91 Å². The van der Waals surface area contributed by atoms with Crippen molar-refractivity contribution in [2.45, 2.75) is 64.7 Å². The molecule has 2 aromatic carbocycles. The summed E-state index contributed by atoms with van der Waals surface area (Å²) < 4.78 is 12.7. The molecule has 2 heterocycles. The first-order valence-electron chi connectivity index (χ1n) is 16.0. The monoisotopic (exact) mass is 630 g/mol. The fourth-order valence-electron chi connectivity index (χ4n) is 5.52. The highest BCUT2D eigenvalue weighted by Crippen LogP contribution is 2.28. The number of nitrogens with one attached hydrogen (secondary N) is 1. The van der Waals surface area contributed by atoms with E-state index in [1.807, 2.05) is 44.2 Å². The van der Waals surface area contributed by atoms with Crippen molar-refractivity contribution in [1.29, 1.82) is 0 Å². The van der Waals surface area contributed by atoms with E-state index in [4.69, 9.17) is 9.47 Å². The van der Waals surface area contributed by atoms with E-state index >= 15 is 0 Å². The lowest BCUT2D eigenvalue weighted by molar-refractivity contribution is -0.115. The van der Waals surface area contributed by atoms with Gasteiger partial charge in [-0.05, 0) is 69.0 Å². The van der Waals surface area contributed by atoms with E-state index in [-0.39, 0.29) is 55.4 Å². The summed E-state index contributed by atoms with van der Waals surface area (Å²) in [6.07, 6.45) is 5.27. The fraction of sp³-hybridized carbons (Fsp3) is 0.444. The van der Waals surface area contributed by atoms with Crippen molar-refractivity contribution in [3.63, 3.8) is 0 Å². The Balaban J connectivity index is 1.60. The second-order valence-electron chi connectivity index (χ2n) is 12.1. The number of anilines is 1. The van der Waals surface area contributed by atoms with E-state index in [0.717, 1.165) is 24.8 Å². The topological polar surface area (TPSA) is 121 Å². The van der Waals surface area contributed by atoms with Gasteiger partial charge < -0.3 is 29.7 Å². The molecule has 1 aliphatic heterocycles. The third kappa shape index (κ3) is 9.61. The standard InChI is InChI=1S/C36H46N4O6/c1-25-22-40(26(2)24-41)36(44)31-21-30(38-34(42)20-28-11-6-5-7-12-28)13-14-32(31)46-27(3)10-8-9-19-45-33(25)23-39(4)35(43)29-15-17-37-18-16-29/h5-7,11-18,21,25-27,33,41H,8-10,19-20,22-24H2,1-4H3,(H,38,42)/t25-,26+,27-,33+/m0/s1. The molecule has 4 rings (SSSR count). The molecular formula is C36H46N4O6. The van der Waals surface area contributed by atoms with E-state index in [2.05, 4.69) is 10.3 Å². The summed E-state index contributed by atoms with van der Waals surface area (Å²) in [6, 6.07) is 17.4. The van der Waals surface area contributed by atoms with Crippen LogP contribution < -0.4 is 10.1 Å². The van der Waals surface area contributed by atoms with Crippen LogP contribution in [0.1, 0.15) is 66.3 Å². The molecule has 0 spiro atoms. The number of amides is 3. The number of nitrogens with zero attached hydrogens (tertiary/aromatic N) is 3. The van der Waals surface area contributed by atoms with Crippen LogP contribution in [-0.2, 0) is 16.0 Å². The predicted octanol–water partition coefficient (Wildman–Crippen LogP) is 4.83. The van der Waals surface area contributed by atoms with E-state index < -0.39 is 6.04 Å². The molecule has 0 bridgehead atoms. The van der Waals surface area contributed by atoms with E-state index in [1.165, 1.54) is 0 Å². The number of aliphatic hydroxyl groups is 1. The van der Waals surface area contributed by atoms with Crippen LogP contribution in [0.2, 0.25) is 0 Å². The number of benzene rings is 2. The molecule has 46 heavy (non-hydrogen) atoms. The Kier molecular flexibility index (Phi) is 12.7. The first-order chi connectivity index (χ1) is 22.2. The van der Waals surface area contributed by atoms with Crippen LogP contribution in [0.5, 0.6) is 5.75 Å². The molecule has 0 radical (unpaired) electrons. The van der Waals surface area contributed by atoms with Crippen LogP contribution in [0.25, 0.3) is 0 Å². The van der Waals surface area contributed by atoms with Gasteiger partial charge in [-0.25, -0.2) is 0 Å². The van der Waals surface area contributed by atoms with Crippen molar-refractivity contribution in [3.05, 3.63) is 89.7 Å². The first-order valence-corrected chi connectivity index (χ1v) is 16.0. The number of carbonyl (C=O) groups excluding carboxylic acids is 3. The van der Waals surface area contributed by atoms with Gasteiger partial charge in [-0.1, -0.05) is 37.3 Å². The highest BCUT2D eigenvalue weighted by molar-refractivity contribution is 6.00. The predicted molar refractivity (Wildman–Crippen MR) is 177 cm³/mol. The molecule has 4 atom stereocenters. The van der Waals surface area contributed by atoms with Gasteiger partial charge in [-0.2, -0.15) is 0 Å².